The molecular weight excluding hydrogens is 212 g/mol. The van der Waals surface area contributed by atoms with Gasteiger partial charge in [-0.3, -0.25) is 4.90 Å². The average molecular weight is 244 g/mol. The van der Waals surface area contributed by atoms with Crippen LogP contribution in [0.15, 0.2) is 0 Å². The molecule has 17 heavy (non-hydrogen) atoms. The van der Waals surface area contributed by atoms with Crippen molar-refractivity contribution < 1.29 is 4.74 Å². The van der Waals surface area contributed by atoms with Gasteiger partial charge in [-0.25, -0.2) is 0 Å². The summed E-state index contributed by atoms with van der Waals surface area (Å²) in [6, 6.07) is 0.915. The molecule has 0 aromatic rings. The van der Waals surface area contributed by atoms with Crippen LogP contribution in [-0.4, -0.2) is 43.8 Å². The second-order valence-electron chi connectivity index (χ2n) is 5.01. The van der Waals surface area contributed by atoms with Crippen LogP contribution in [-0.2, 0) is 4.74 Å². The van der Waals surface area contributed by atoms with E-state index in [9.17, 15) is 0 Å². The Bertz CT molecular complexity index is 172. The van der Waals surface area contributed by atoms with Gasteiger partial charge < -0.3 is 10.5 Å². The van der Waals surface area contributed by atoms with E-state index in [1.807, 2.05) is 0 Å². The molecule has 104 valence electrons. The van der Waals surface area contributed by atoms with Gasteiger partial charge in [-0.1, -0.05) is 34.1 Å². The molecule has 0 amide bonds. The number of rotatable bonds is 10. The highest BCUT2D eigenvalue weighted by Crippen LogP contribution is 2.13. The number of methoxy groups -OCH3 is 1. The lowest BCUT2D eigenvalue weighted by atomic mass is 9.98. The SMILES string of the molecule is CCC(C)C(N)CN(CCOC)C(CC)CC. The van der Waals surface area contributed by atoms with Crippen molar-refractivity contribution in [3.8, 4) is 0 Å². The third-order valence-electron chi connectivity index (χ3n) is 3.86. The third kappa shape index (κ3) is 6.39. The van der Waals surface area contributed by atoms with Crippen molar-refractivity contribution in [1.29, 1.82) is 0 Å². The van der Waals surface area contributed by atoms with E-state index in [0.717, 1.165) is 26.1 Å². The second kappa shape index (κ2) is 9.86. The van der Waals surface area contributed by atoms with Crippen molar-refractivity contribution in [1.82, 2.24) is 4.90 Å². The Morgan fingerprint density at radius 1 is 1.12 bits per heavy atom. The highest BCUT2D eigenvalue weighted by atomic mass is 16.5. The quantitative estimate of drug-likeness (QED) is 0.642. The van der Waals surface area contributed by atoms with Crippen LogP contribution < -0.4 is 5.73 Å². The largest absolute Gasteiger partial charge is 0.383 e. The van der Waals surface area contributed by atoms with E-state index in [4.69, 9.17) is 10.5 Å². The summed E-state index contributed by atoms with van der Waals surface area (Å²) in [5.41, 5.74) is 6.27. The predicted octanol–water partition coefficient (Wildman–Crippen LogP) is 2.50. The summed E-state index contributed by atoms with van der Waals surface area (Å²) in [6.45, 7) is 11.7. The summed E-state index contributed by atoms with van der Waals surface area (Å²) in [6.07, 6.45) is 3.53. The van der Waals surface area contributed by atoms with Gasteiger partial charge in [0.05, 0.1) is 6.61 Å². The summed E-state index contributed by atoms with van der Waals surface area (Å²) in [4.78, 5) is 2.50. The fraction of sp³-hybridized carbons (Fsp3) is 1.00. The monoisotopic (exact) mass is 244 g/mol. The predicted molar refractivity (Wildman–Crippen MR) is 75.2 cm³/mol. The maximum Gasteiger partial charge on any atom is 0.0589 e. The molecule has 2 atom stereocenters. The summed E-state index contributed by atoms with van der Waals surface area (Å²) in [5, 5.41) is 0. The van der Waals surface area contributed by atoms with Gasteiger partial charge >= 0.3 is 0 Å². The molecule has 0 radical (unpaired) electrons. The molecule has 0 saturated carbocycles. The molecule has 0 spiro atoms. The lowest BCUT2D eigenvalue weighted by Crippen LogP contribution is -2.46. The molecule has 0 aliphatic heterocycles. The zero-order chi connectivity index (χ0) is 13.3. The second-order valence-corrected chi connectivity index (χ2v) is 5.01. The number of nitrogens with two attached hydrogens (primary N) is 1. The lowest BCUT2D eigenvalue weighted by molar-refractivity contribution is 0.104. The maximum atomic E-state index is 6.27. The van der Waals surface area contributed by atoms with Gasteiger partial charge in [0.15, 0.2) is 0 Å². The van der Waals surface area contributed by atoms with Crippen molar-refractivity contribution in [2.75, 3.05) is 26.8 Å². The normalized spacial score (nSPS) is 15.5. The van der Waals surface area contributed by atoms with Gasteiger partial charge in [0.1, 0.15) is 0 Å². The molecule has 0 aliphatic carbocycles. The van der Waals surface area contributed by atoms with E-state index < -0.39 is 0 Å². The molecule has 0 fully saturated rings. The minimum Gasteiger partial charge on any atom is -0.383 e. The molecule has 0 aliphatic rings. The maximum absolute atomic E-state index is 6.27. The van der Waals surface area contributed by atoms with E-state index in [1.165, 1.54) is 12.8 Å². The summed E-state index contributed by atoms with van der Waals surface area (Å²) in [7, 11) is 1.76. The fourth-order valence-corrected chi connectivity index (χ4v) is 2.19. The topological polar surface area (TPSA) is 38.5 Å². The Morgan fingerprint density at radius 3 is 2.12 bits per heavy atom. The van der Waals surface area contributed by atoms with E-state index >= 15 is 0 Å². The van der Waals surface area contributed by atoms with Crippen LogP contribution in [0.3, 0.4) is 0 Å². The molecular formula is C14H32N2O. The first kappa shape index (κ1) is 16.9. The molecule has 0 rings (SSSR count). The van der Waals surface area contributed by atoms with Crippen LogP contribution in [0.25, 0.3) is 0 Å². The Kier molecular flexibility index (Phi) is 9.79. The van der Waals surface area contributed by atoms with E-state index in [1.54, 1.807) is 7.11 Å². The molecule has 0 saturated heterocycles. The molecule has 2 N–H and O–H groups in total. The zero-order valence-electron chi connectivity index (χ0n) is 12.4. The van der Waals surface area contributed by atoms with E-state index in [2.05, 4.69) is 32.6 Å². The zero-order valence-corrected chi connectivity index (χ0v) is 12.4. The minimum atomic E-state index is 0.275. The first-order chi connectivity index (χ1) is 8.10. The first-order valence-corrected chi connectivity index (χ1v) is 7.09. The van der Waals surface area contributed by atoms with Crippen molar-refractivity contribution in [2.24, 2.45) is 11.7 Å². The van der Waals surface area contributed by atoms with Crippen LogP contribution in [0.1, 0.15) is 47.0 Å². The lowest BCUT2D eigenvalue weighted by Gasteiger charge is -2.34. The summed E-state index contributed by atoms with van der Waals surface area (Å²) >= 11 is 0. The van der Waals surface area contributed by atoms with Gasteiger partial charge in [0, 0.05) is 32.3 Å². The van der Waals surface area contributed by atoms with Crippen molar-refractivity contribution in [2.45, 2.75) is 59.0 Å². The minimum absolute atomic E-state index is 0.275. The van der Waals surface area contributed by atoms with E-state index in [-0.39, 0.29) is 6.04 Å². The van der Waals surface area contributed by atoms with Gasteiger partial charge in [-0.15, -0.1) is 0 Å². The fourth-order valence-electron chi connectivity index (χ4n) is 2.19. The number of ether oxygens (including phenoxy) is 1. The third-order valence-corrected chi connectivity index (χ3v) is 3.86. The Labute approximate surface area is 108 Å². The van der Waals surface area contributed by atoms with Crippen molar-refractivity contribution >= 4 is 0 Å². The number of nitrogens with zero attached hydrogens (tertiary/aromatic N) is 1. The highest BCUT2D eigenvalue weighted by Gasteiger charge is 2.20. The van der Waals surface area contributed by atoms with Crippen LogP contribution in [0.2, 0.25) is 0 Å². The Morgan fingerprint density at radius 2 is 1.71 bits per heavy atom. The Balaban J connectivity index is 4.35. The van der Waals surface area contributed by atoms with Crippen molar-refractivity contribution in [3.05, 3.63) is 0 Å². The molecule has 0 aromatic heterocycles. The van der Waals surface area contributed by atoms with Crippen LogP contribution in [0, 0.1) is 5.92 Å². The van der Waals surface area contributed by atoms with Gasteiger partial charge in [0.25, 0.3) is 0 Å². The summed E-state index contributed by atoms with van der Waals surface area (Å²) < 4.78 is 5.20. The Hall–Kier alpha value is -0.120. The molecule has 0 heterocycles. The van der Waals surface area contributed by atoms with Crippen LogP contribution in [0.4, 0.5) is 0 Å². The van der Waals surface area contributed by atoms with Crippen LogP contribution in [0.5, 0.6) is 0 Å². The molecule has 3 nitrogen and oxygen atoms in total. The number of hydrogen-bond donors (Lipinski definition) is 1. The molecule has 3 heteroatoms. The smallest absolute Gasteiger partial charge is 0.0589 e. The van der Waals surface area contributed by atoms with Gasteiger partial charge in [0.2, 0.25) is 0 Å². The van der Waals surface area contributed by atoms with Crippen molar-refractivity contribution in [3.63, 3.8) is 0 Å². The molecule has 0 bridgehead atoms. The standard InChI is InChI=1S/C14H32N2O/c1-6-12(4)14(15)11-16(9-10-17-5)13(7-2)8-3/h12-14H,6-11,15H2,1-5H3. The molecule has 2 unspecified atom stereocenters. The highest BCUT2D eigenvalue weighted by molar-refractivity contribution is 4.77. The van der Waals surface area contributed by atoms with Gasteiger partial charge in [-0.2, -0.15) is 0 Å². The van der Waals surface area contributed by atoms with Crippen LogP contribution >= 0.6 is 0 Å². The van der Waals surface area contributed by atoms with Gasteiger partial charge in [-0.05, 0) is 18.8 Å². The molecule has 0 aromatic carbocycles. The first-order valence-electron chi connectivity index (χ1n) is 7.09. The average Bonchev–Trinajstić information content (AvgIpc) is 2.35. The van der Waals surface area contributed by atoms with E-state index in [0.29, 0.717) is 12.0 Å². The summed E-state index contributed by atoms with van der Waals surface area (Å²) in [5.74, 6) is 0.592. The number of hydrogen-bond acceptors (Lipinski definition) is 3.